The SMILES string of the molecule is C=C(C)C(O)c1cccc2c1OCCO2. The molecule has 1 atom stereocenters. The van der Waals surface area contributed by atoms with Crippen molar-refractivity contribution in [2.24, 2.45) is 0 Å². The van der Waals surface area contributed by atoms with Crippen molar-refractivity contribution in [3.8, 4) is 11.5 Å². The molecule has 0 aliphatic carbocycles. The van der Waals surface area contributed by atoms with E-state index in [9.17, 15) is 5.11 Å². The Morgan fingerprint density at radius 1 is 1.40 bits per heavy atom. The molecule has 3 nitrogen and oxygen atoms in total. The molecule has 80 valence electrons. The Kier molecular flexibility index (Phi) is 2.64. The molecule has 0 aromatic heterocycles. The predicted octanol–water partition coefficient (Wildman–Crippen LogP) is 2.07. The first-order valence-electron chi connectivity index (χ1n) is 4.92. The third-order valence-corrected chi connectivity index (χ3v) is 2.36. The molecular formula is C12H14O3. The maximum absolute atomic E-state index is 9.92. The molecule has 1 heterocycles. The van der Waals surface area contributed by atoms with E-state index < -0.39 is 6.10 Å². The lowest BCUT2D eigenvalue weighted by atomic mass is 10.0. The fourth-order valence-corrected chi connectivity index (χ4v) is 1.58. The standard InChI is InChI=1S/C12H14O3/c1-8(2)11(13)9-4-3-5-10-12(9)15-7-6-14-10/h3-5,11,13H,1,6-7H2,2H3. The summed E-state index contributed by atoms with van der Waals surface area (Å²) in [6.07, 6.45) is -0.693. The molecule has 0 bridgehead atoms. The second-order valence-electron chi connectivity index (χ2n) is 3.62. The zero-order valence-electron chi connectivity index (χ0n) is 8.69. The van der Waals surface area contributed by atoms with Crippen molar-refractivity contribution in [3.05, 3.63) is 35.9 Å². The van der Waals surface area contributed by atoms with E-state index in [2.05, 4.69) is 6.58 Å². The molecule has 0 amide bonds. The number of hydrogen-bond acceptors (Lipinski definition) is 3. The van der Waals surface area contributed by atoms with Crippen LogP contribution in [0.2, 0.25) is 0 Å². The van der Waals surface area contributed by atoms with Gasteiger partial charge in [-0.25, -0.2) is 0 Å². The number of rotatable bonds is 2. The van der Waals surface area contributed by atoms with Crippen LogP contribution in [0.15, 0.2) is 30.4 Å². The lowest BCUT2D eigenvalue weighted by molar-refractivity contribution is 0.157. The Labute approximate surface area is 88.9 Å². The Hall–Kier alpha value is -1.48. The summed E-state index contributed by atoms with van der Waals surface area (Å²) >= 11 is 0. The average molecular weight is 206 g/mol. The zero-order chi connectivity index (χ0) is 10.8. The number of ether oxygens (including phenoxy) is 2. The molecule has 1 N–H and O–H groups in total. The number of aliphatic hydroxyl groups excluding tert-OH is 1. The van der Waals surface area contributed by atoms with Gasteiger partial charge in [-0.3, -0.25) is 0 Å². The van der Waals surface area contributed by atoms with Crippen LogP contribution in [0.3, 0.4) is 0 Å². The third kappa shape index (κ3) is 1.83. The van der Waals surface area contributed by atoms with Gasteiger partial charge in [0.15, 0.2) is 11.5 Å². The van der Waals surface area contributed by atoms with E-state index in [1.54, 1.807) is 6.92 Å². The first-order valence-corrected chi connectivity index (χ1v) is 4.92. The first kappa shape index (κ1) is 10.1. The summed E-state index contributed by atoms with van der Waals surface area (Å²) in [5.74, 6) is 1.33. The molecule has 0 spiro atoms. The molecule has 2 rings (SSSR count). The van der Waals surface area contributed by atoms with E-state index in [0.29, 0.717) is 30.3 Å². The zero-order valence-corrected chi connectivity index (χ0v) is 8.69. The minimum Gasteiger partial charge on any atom is -0.486 e. The van der Waals surface area contributed by atoms with Crippen LogP contribution in [-0.2, 0) is 0 Å². The molecule has 0 saturated carbocycles. The van der Waals surface area contributed by atoms with E-state index in [1.165, 1.54) is 0 Å². The van der Waals surface area contributed by atoms with Gasteiger partial charge in [-0.15, -0.1) is 0 Å². The molecular weight excluding hydrogens is 192 g/mol. The van der Waals surface area contributed by atoms with Gasteiger partial charge in [0.05, 0.1) is 0 Å². The summed E-state index contributed by atoms with van der Waals surface area (Å²) in [6, 6.07) is 5.50. The Morgan fingerprint density at radius 2 is 2.13 bits per heavy atom. The minimum absolute atomic E-state index is 0.521. The summed E-state index contributed by atoms with van der Waals surface area (Å²) in [7, 11) is 0. The minimum atomic E-state index is -0.693. The topological polar surface area (TPSA) is 38.7 Å². The van der Waals surface area contributed by atoms with Gasteiger partial charge in [0.25, 0.3) is 0 Å². The highest BCUT2D eigenvalue weighted by Crippen LogP contribution is 2.38. The molecule has 0 radical (unpaired) electrons. The Balaban J connectivity index is 2.43. The summed E-state index contributed by atoms with van der Waals surface area (Å²) in [5, 5.41) is 9.92. The summed E-state index contributed by atoms with van der Waals surface area (Å²) in [6.45, 7) is 6.60. The second kappa shape index (κ2) is 3.95. The number of benzene rings is 1. The molecule has 1 aromatic rings. The van der Waals surface area contributed by atoms with Crippen LogP contribution in [0.4, 0.5) is 0 Å². The Bertz CT molecular complexity index is 384. The van der Waals surface area contributed by atoms with Crippen LogP contribution < -0.4 is 9.47 Å². The first-order chi connectivity index (χ1) is 7.20. The number of fused-ring (bicyclic) bond motifs is 1. The summed E-state index contributed by atoms with van der Waals surface area (Å²) in [5.41, 5.74) is 1.41. The molecule has 15 heavy (non-hydrogen) atoms. The monoisotopic (exact) mass is 206 g/mol. The van der Waals surface area contributed by atoms with Crippen molar-refractivity contribution in [1.29, 1.82) is 0 Å². The lowest BCUT2D eigenvalue weighted by Gasteiger charge is -2.23. The van der Waals surface area contributed by atoms with Crippen molar-refractivity contribution in [1.82, 2.24) is 0 Å². The van der Waals surface area contributed by atoms with Crippen molar-refractivity contribution in [2.45, 2.75) is 13.0 Å². The molecule has 3 heteroatoms. The van der Waals surface area contributed by atoms with Gasteiger partial charge >= 0.3 is 0 Å². The maximum Gasteiger partial charge on any atom is 0.167 e. The average Bonchev–Trinajstić information content (AvgIpc) is 2.27. The van der Waals surface area contributed by atoms with Gasteiger partial charge < -0.3 is 14.6 Å². The molecule has 0 fully saturated rings. The van der Waals surface area contributed by atoms with Gasteiger partial charge in [0.2, 0.25) is 0 Å². The molecule has 1 unspecified atom stereocenters. The van der Waals surface area contributed by atoms with Gasteiger partial charge in [0.1, 0.15) is 19.3 Å². The van der Waals surface area contributed by atoms with Gasteiger partial charge in [-0.2, -0.15) is 0 Å². The third-order valence-electron chi connectivity index (χ3n) is 2.36. The highest BCUT2D eigenvalue weighted by Gasteiger charge is 2.20. The number of hydrogen-bond donors (Lipinski definition) is 1. The van der Waals surface area contributed by atoms with Gasteiger partial charge in [0, 0.05) is 5.56 Å². The van der Waals surface area contributed by atoms with Crippen molar-refractivity contribution in [3.63, 3.8) is 0 Å². The summed E-state index contributed by atoms with van der Waals surface area (Å²) in [4.78, 5) is 0. The molecule has 1 aliphatic heterocycles. The van der Waals surface area contributed by atoms with Crippen LogP contribution in [0, 0.1) is 0 Å². The largest absolute Gasteiger partial charge is 0.486 e. The highest BCUT2D eigenvalue weighted by atomic mass is 16.6. The summed E-state index contributed by atoms with van der Waals surface area (Å²) < 4.78 is 10.9. The fourth-order valence-electron chi connectivity index (χ4n) is 1.58. The van der Waals surface area contributed by atoms with E-state index in [4.69, 9.17) is 9.47 Å². The van der Waals surface area contributed by atoms with Crippen LogP contribution in [0.5, 0.6) is 11.5 Å². The Morgan fingerprint density at radius 3 is 2.87 bits per heavy atom. The van der Waals surface area contributed by atoms with E-state index in [0.717, 1.165) is 5.56 Å². The van der Waals surface area contributed by atoms with Crippen LogP contribution >= 0.6 is 0 Å². The van der Waals surface area contributed by atoms with Crippen molar-refractivity contribution in [2.75, 3.05) is 13.2 Å². The predicted molar refractivity (Wildman–Crippen MR) is 57.2 cm³/mol. The van der Waals surface area contributed by atoms with Gasteiger partial charge in [-0.05, 0) is 18.6 Å². The van der Waals surface area contributed by atoms with E-state index in [1.807, 2.05) is 18.2 Å². The van der Waals surface area contributed by atoms with Crippen LogP contribution in [0.25, 0.3) is 0 Å². The number of aliphatic hydroxyl groups is 1. The number of para-hydroxylation sites is 1. The maximum atomic E-state index is 9.92. The van der Waals surface area contributed by atoms with Gasteiger partial charge in [-0.1, -0.05) is 18.7 Å². The highest BCUT2D eigenvalue weighted by molar-refractivity contribution is 5.49. The van der Waals surface area contributed by atoms with Crippen LogP contribution in [-0.4, -0.2) is 18.3 Å². The lowest BCUT2D eigenvalue weighted by Crippen LogP contribution is -2.17. The molecule has 0 saturated heterocycles. The fraction of sp³-hybridized carbons (Fsp3) is 0.333. The second-order valence-corrected chi connectivity index (χ2v) is 3.62. The smallest absolute Gasteiger partial charge is 0.167 e. The molecule has 1 aliphatic rings. The quantitative estimate of drug-likeness (QED) is 0.753. The van der Waals surface area contributed by atoms with E-state index in [-0.39, 0.29) is 0 Å². The van der Waals surface area contributed by atoms with E-state index >= 15 is 0 Å². The molecule has 1 aromatic carbocycles. The van der Waals surface area contributed by atoms with Crippen molar-refractivity contribution < 1.29 is 14.6 Å². The normalized spacial score (nSPS) is 15.9. The van der Waals surface area contributed by atoms with Crippen LogP contribution in [0.1, 0.15) is 18.6 Å². The van der Waals surface area contributed by atoms with Crippen molar-refractivity contribution >= 4 is 0 Å².